The van der Waals surface area contributed by atoms with Gasteiger partial charge in [0.1, 0.15) is 36.8 Å². The maximum absolute atomic E-state index is 14.1. The molecule has 3 aliphatic rings. The summed E-state index contributed by atoms with van der Waals surface area (Å²) in [6.45, 7) is 16.1. The van der Waals surface area contributed by atoms with Gasteiger partial charge in [0.15, 0.2) is 0 Å². The molecule has 366 valence electrons. The van der Waals surface area contributed by atoms with Crippen LogP contribution in [0.2, 0.25) is 0 Å². The van der Waals surface area contributed by atoms with Crippen molar-refractivity contribution >= 4 is 34.7 Å². The maximum atomic E-state index is 14.1. The first kappa shape index (κ1) is 49.6. The number of phenolic OH excluding ortho intramolecular Hbond substituents is 1. The first-order valence-corrected chi connectivity index (χ1v) is 25.1. The number of phenols is 1. The van der Waals surface area contributed by atoms with Crippen molar-refractivity contribution in [2.75, 3.05) is 77.1 Å². The van der Waals surface area contributed by atoms with Gasteiger partial charge in [0.05, 0.1) is 40.9 Å². The predicted octanol–water partition coefficient (Wildman–Crippen LogP) is 6.36. The number of ether oxygens (including phenoxy) is 2. The molecule has 0 saturated carbocycles. The second kappa shape index (κ2) is 22.3. The van der Waals surface area contributed by atoms with Crippen molar-refractivity contribution in [2.45, 2.75) is 77.7 Å². The number of nitrogens with one attached hydrogen (secondary N) is 2. The Morgan fingerprint density at radius 1 is 0.870 bits per heavy atom. The number of aliphatic hydroxyl groups excluding tert-OH is 1. The number of hydrogen-bond acceptors (Lipinski definition) is 12. The van der Waals surface area contributed by atoms with Crippen molar-refractivity contribution in [3.63, 3.8) is 0 Å². The molecule has 2 fully saturated rings. The van der Waals surface area contributed by atoms with Gasteiger partial charge in [0, 0.05) is 64.5 Å². The minimum absolute atomic E-state index is 0.000957. The van der Waals surface area contributed by atoms with E-state index >= 15 is 0 Å². The van der Waals surface area contributed by atoms with Gasteiger partial charge in [0.25, 0.3) is 0 Å². The number of carbonyl (C=O) groups excluding carboxylic acids is 3. The lowest BCUT2D eigenvalue weighted by Gasteiger charge is -2.39. The molecule has 4 heterocycles. The zero-order valence-corrected chi connectivity index (χ0v) is 41.3. The fourth-order valence-electron chi connectivity index (χ4n) is 9.72. The van der Waals surface area contributed by atoms with Gasteiger partial charge >= 0.3 is 0 Å². The van der Waals surface area contributed by atoms with Gasteiger partial charge in [0.2, 0.25) is 17.7 Å². The van der Waals surface area contributed by atoms with Gasteiger partial charge in [-0.1, -0.05) is 81.4 Å². The predicted molar refractivity (Wildman–Crippen MR) is 269 cm³/mol. The van der Waals surface area contributed by atoms with E-state index in [0.29, 0.717) is 25.5 Å². The average molecular weight is 958 g/mol. The van der Waals surface area contributed by atoms with Crippen molar-refractivity contribution in [2.24, 2.45) is 5.41 Å². The molecule has 8 rings (SSSR count). The van der Waals surface area contributed by atoms with Crippen LogP contribution >= 0.6 is 11.3 Å². The van der Waals surface area contributed by atoms with Crippen molar-refractivity contribution in [3.8, 4) is 21.9 Å². The van der Waals surface area contributed by atoms with Gasteiger partial charge in [-0.3, -0.25) is 24.2 Å². The third kappa shape index (κ3) is 12.3. The number of hydrogen-bond donors (Lipinski definition) is 4. The molecule has 0 spiro atoms. The molecule has 3 amide bonds. The topological polar surface area (TPSA) is 160 Å². The Bertz CT molecular complexity index is 2510. The van der Waals surface area contributed by atoms with Crippen LogP contribution in [-0.4, -0.2) is 138 Å². The largest absolute Gasteiger partial charge is 0.508 e. The summed E-state index contributed by atoms with van der Waals surface area (Å²) in [7, 11) is 0. The number of amides is 3. The quantitative estimate of drug-likeness (QED) is 0.0769. The number of fused-ring (bicyclic) bond motifs is 1. The van der Waals surface area contributed by atoms with Crippen LogP contribution < -0.4 is 20.3 Å². The van der Waals surface area contributed by atoms with Crippen LogP contribution in [0.1, 0.15) is 74.1 Å². The van der Waals surface area contributed by atoms with E-state index in [1.165, 1.54) is 27.3 Å². The molecular weight excluding hydrogens is 891 g/mol. The van der Waals surface area contributed by atoms with E-state index in [0.717, 1.165) is 73.1 Å². The van der Waals surface area contributed by atoms with Crippen LogP contribution in [0.3, 0.4) is 0 Å². The Kier molecular flexibility index (Phi) is 16.0. The third-order valence-electron chi connectivity index (χ3n) is 13.6. The van der Waals surface area contributed by atoms with Crippen LogP contribution in [0.5, 0.6) is 11.5 Å². The lowest BCUT2D eigenvalue weighted by molar-refractivity contribution is -0.144. The number of aliphatic hydroxyl groups is 1. The Morgan fingerprint density at radius 3 is 2.23 bits per heavy atom. The number of aromatic nitrogens is 1. The van der Waals surface area contributed by atoms with E-state index in [4.69, 9.17) is 9.47 Å². The highest BCUT2D eigenvalue weighted by Gasteiger charge is 2.45. The van der Waals surface area contributed by atoms with Crippen molar-refractivity contribution in [3.05, 3.63) is 131 Å². The Labute approximate surface area is 410 Å². The number of β-amino-alcohol motifs (C(OH)–C–C–N with tert-alkyl or cyclic N) is 1. The van der Waals surface area contributed by atoms with Gasteiger partial charge in [-0.2, -0.15) is 0 Å². The molecule has 69 heavy (non-hydrogen) atoms. The molecule has 0 bridgehead atoms. The molecule has 1 aromatic heterocycles. The molecule has 2 saturated heterocycles. The highest BCUT2D eigenvalue weighted by atomic mass is 32.1. The zero-order chi connectivity index (χ0) is 48.7. The number of benzene rings is 4. The molecule has 0 radical (unpaired) electrons. The second-order valence-electron chi connectivity index (χ2n) is 19.6. The minimum atomic E-state index is -0.937. The lowest BCUT2D eigenvalue weighted by atomic mass is 9.85. The molecular formula is C54H67N7O7S. The highest BCUT2D eigenvalue weighted by molar-refractivity contribution is 7.13. The van der Waals surface area contributed by atoms with E-state index in [2.05, 4.69) is 78.8 Å². The lowest BCUT2D eigenvalue weighted by Crippen LogP contribution is -2.58. The molecule has 14 nitrogen and oxygen atoms in total. The summed E-state index contributed by atoms with van der Waals surface area (Å²) in [5, 5.41) is 26.8. The number of likely N-dealkylation sites (tertiary alicyclic amines) is 1. The number of nitrogens with zero attached hydrogens (tertiary/aromatic N) is 5. The number of piperazine rings is 1. The summed E-state index contributed by atoms with van der Waals surface area (Å²) < 4.78 is 12.0. The summed E-state index contributed by atoms with van der Waals surface area (Å²) in [5.74, 6) is -0.0472. The number of aromatic hydroxyl groups is 1. The molecule has 0 aliphatic carbocycles. The number of thiazole rings is 1. The summed E-state index contributed by atoms with van der Waals surface area (Å²) in [6, 6.07) is 30.5. The monoisotopic (exact) mass is 957 g/mol. The van der Waals surface area contributed by atoms with Gasteiger partial charge in [-0.15, -0.1) is 11.3 Å². The molecule has 1 unspecified atom stereocenters. The second-order valence-corrected chi connectivity index (χ2v) is 20.5. The first-order valence-electron chi connectivity index (χ1n) is 24.2. The summed E-state index contributed by atoms with van der Waals surface area (Å²) in [5.41, 5.74) is 8.81. The number of anilines is 1. The van der Waals surface area contributed by atoms with Crippen LogP contribution in [0.4, 0.5) is 5.69 Å². The van der Waals surface area contributed by atoms with Crippen molar-refractivity contribution < 1.29 is 34.1 Å². The van der Waals surface area contributed by atoms with Gasteiger partial charge in [-0.25, -0.2) is 4.98 Å². The highest BCUT2D eigenvalue weighted by Crippen LogP contribution is 2.40. The zero-order valence-electron chi connectivity index (χ0n) is 40.5. The van der Waals surface area contributed by atoms with Crippen LogP contribution in [0.25, 0.3) is 10.4 Å². The van der Waals surface area contributed by atoms with E-state index in [9.17, 15) is 24.6 Å². The molecule has 15 heteroatoms. The standard InChI is InChI=1S/C54H67N7O7S/c1-36(38-11-13-40(14-12-38)50-37(2)55-35-69-50)56-52(65)47-32-44(63)33-61(47)53(66)51(54(3,4)5)57-48(64)34-67-29-27-58-23-25-59(26-24-58)28-30-68-45-18-15-39(16-19-45)49-46-20-17-43(62)31-41(46)21-22-60(49)42-9-7-6-8-10-42/h6-20,31,35-36,44,47,49,51,62-63H,21-30,32-34H2,1-5H3,(H,56,65)(H,57,64)/t36-,44+,47-,49?,51+/m0/s1. The fourth-order valence-corrected chi connectivity index (χ4v) is 10.5. The number of aryl methyl sites for hydroxylation is 1. The minimum Gasteiger partial charge on any atom is -0.508 e. The van der Waals surface area contributed by atoms with Crippen LogP contribution in [0.15, 0.2) is 103 Å². The van der Waals surface area contributed by atoms with Gasteiger partial charge < -0.3 is 40.1 Å². The van der Waals surface area contributed by atoms with Crippen molar-refractivity contribution in [1.82, 2.24) is 30.3 Å². The van der Waals surface area contributed by atoms with E-state index < -0.39 is 35.4 Å². The SMILES string of the molecule is Cc1ncsc1-c1ccc([C@H](C)NC(=O)[C@@H]2C[C@@H](O)CN2C(=O)[C@@H](NC(=O)COCCN2CCN(CCOc3ccc(C4c5ccc(O)cc5CCN4c4ccccc4)cc3)CC2)C(C)(C)C)cc1. The summed E-state index contributed by atoms with van der Waals surface area (Å²) >= 11 is 1.58. The van der Waals surface area contributed by atoms with Crippen LogP contribution in [-0.2, 0) is 25.5 Å². The molecule has 4 aromatic carbocycles. The van der Waals surface area contributed by atoms with E-state index in [1.54, 1.807) is 17.4 Å². The maximum Gasteiger partial charge on any atom is 0.246 e. The average Bonchev–Trinajstić information content (AvgIpc) is 3.97. The third-order valence-corrected chi connectivity index (χ3v) is 14.6. The van der Waals surface area contributed by atoms with E-state index in [1.807, 2.05) is 82.6 Å². The van der Waals surface area contributed by atoms with E-state index in [-0.39, 0.29) is 37.6 Å². The number of para-hydroxylation sites is 1. The molecule has 5 atom stereocenters. The van der Waals surface area contributed by atoms with Gasteiger partial charge in [-0.05, 0) is 89.9 Å². The Balaban J connectivity index is 0.748. The molecule has 5 aromatic rings. The summed E-state index contributed by atoms with van der Waals surface area (Å²) in [6.07, 6.45) is 0.114. The molecule has 4 N–H and O–H groups in total. The number of carbonyl (C=O) groups is 3. The fraction of sp³-hybridized carbons (Fsp3) is 0.444. The smallest absolute Gasteiger partial charge is 0.246 e. The van der Waals surface area contributed by atoms with Crippen molar-refractivity contribution in [1.29, 1.82) is 0 Å². The first-order chi connectivity index (χ1) is 33.2. The number of rotatable bonds is 17. The molecule has 3 aliphatic heterocycles. The van der Waals surface area contributed by atoms with Crippen LogP contribution in [0, 0.1) is 12.3 Å². The Morgan fingerprint density at radius 2 is 1.57 bits per heavy atom. The normalized spacial score (nSPS) is 19.7. The Hall–Kier alpha value is -5.84. The summed E-state index contributed by atoms with van der Waals surface area (Å²) in [4.78, 5) is 55.1.